The molecule has 0 aliphatic carbocycles. The van der Waals surface area contributed by atoms with E-state index in [1.807, 2.05) is 23.6 Å². The largest absolute Gasteiger partial charge is 0.339 e. The van der Waals surface area contributed by atoms with Crippen LogP contribution in [0.15, 0.2) is 12.7 Å². The second-order valence-corrected chi connectivity index (χ2v) is 10.2. The molecule has 0 unspecified atom stereocenters. The summed E-state index contributed by atoms with van der Waals surface area (Å²) in [6, 6.07) is 0. The van der Waals surface area contributed by atoms with Crippen molar-refractivity contribution in [2.45, 2.75) is 27.7 Å². The number of nitrogens with zero attached hydrogens (tertiary/aromatic N) is 10. The fourth-order valence-corrected chi connectivity index (χ4v) is 5.97. The highest BCUT2D eigenvalue weighted by Crippen LogP contribution is 2.32. The van der Waals surface area contributed by atoms with E-state index in [-0.39, 0.29) is 21.2 Å². The molecule has 14 nitrogen and oxygen atoms in total. The molecule has 0 atom stereocenters. The van der Waals surface area contributed by atoms with E-state index < -0.39 is 0 Å². The SMILES string of the molecule is CC.Cc1ncnc(N2CC[N+]3(CC2)CC[N+]2(CCN(c4ncnc(C)c4[N+](=O)[O-])CC2)CC3)c1[N+](=O)[O-]. The molecule has 0 aromatic carbocycles. The van der Waals surface area contributed by atoms with E-state index in [0.29, 0.717) is 23.0 Å². The van der Waals surface area contributed by atoms with Crippen molar-refractivity contribution >= 4 is 23.0 Å². The number of rotatable bonds is 4. The lowest BCUT2D eigenvalue weighted by Crippen LogP contribution is -2.73. The molecule has 3 saturated heterocycles. The Morgan fingerprint density at radius 3 is 1.24 bits per heavy atom. The molecule has 2 spiro atoms. The van der Waals surface area contributed by atoms with Crippen molar-refractivity contribution < 1.29 is 18.8 Å². The normalized spacial score (nSPS) is 20.1. The van der Waals surface area contributed by atoms with E-state index in [9.17, 15) is 20.2 Å². The Hall–Kier alpha value is -3.52. The average Bonchev–Trinajstić information content (AvgIpc) is 2.92. The quantitative estimate of drug-likeness (QED) is 0.325. The maximum Gasteiger partial charge on any atom is 0.332 e. The highest BCUT2D eigenvalue weighted by atomic mass is 16.6. The van der Waals surface area contributed by atoms with Gasteiger partial charge in [-0.1, -0.05) is 13.8 Å². The molecule has 38 heavy (non-hydrogen) atoms. The fraction of sp³-hybridized carbons (Fsp3) is 0.667. The van der Waals surface area contributed by atoms with Crippen LogP contribution in [0, 0.1) is 34.1 Å². The maximum absolute atomic E-state index is 11.6. The zero-order chi connectivity index (χ0) is 27.5. The summed E-state index contributed by atoms with van der Waals surface area (Å²) in [4.78, 5) is 43.0. The predicted molar refractivity (Wildman–Crippen MR) is 142 cm³/mol. The van der Waals surface area contributed by atoms with E-state index >= 15 is 0 Å². The molecule has 3 fully saturated rings. The molecule has 0 bridgehead atoms. The number of aryl methyl sites for hydroxylation is 2. The van der Waals surface area contributed by atoms with Crippen molar-refractivity contribution in [3.8, 4) is 0 Å². The molecule has 0 saturated carbocycles. The minimum absolute atomic E-state index is 0.00564. The van der Waals surface area contributed by atoms with Crippen molar-refractivity contribution in [3.63, 3.8) is 0 Å². The Bertz CT molecular complexity index is 1070. The molecule has 5 heterocycles. The third kappa shape index (κ3) is 5.23. The van der Waals surface area contributed by atoms with Crippen LogP contribution in [0.3, 0.4) is 0 Å². The molecule has 5 rings (SSSR count). The first-order chi connectivity index (χ1) is 18.2. The minimum atomic E-state index is -0.379. The van der Waals surface area contributed by atoms with Gasteiger partial charge in [-0.15, -0.1) is 0 Å². The highest BCUT2D eigenvalue weighted by molar-refractivity contribution is 5.60. The predicted octanol–water partition coefficient (Wildman–Crippen LogP) is 1.71. The minimum Gasteiger partial charge on any atom is -0.339 e. The Morgan fingerprint density at radius 1 is 0.632 bits per heavy atom. The van der Waals surface area contributed by atoms with Crippen LogP contribution >= 0.6 is 0 Å². The Labute approximate surface area is 222 Å². The molecule has 2 aromatic heterocycles. The van der Waals surface area contributed by atoms with Gasteiger partial charge in [0.2, 0.25) is 11.6 Å². The van der Waals surface area contributed by atoms with Gasteiger partial charge >= 0.3 is 11.4 Å². The number of hydrogen-bond acceptors (Lipinski definition) is 10. The summed E-state index contributed by atoms with van der Waals surface area (Å²) in [7, 11) is 0. The number of aromatic nitrogens is 4. The molecule has 206 valence electrons. The topological polar surface area (TPSA) is 144 Å². The molecule has 0 N–H and O–H groups in total. The molecule has 14 heteroatoms. The number of anilines is 2. The van der Waals surface area contributed by atoms with Crippen LogP contribution in [0.5, 0.6) is 0 Å². The summed E-state index contributed by atoms with van der Waals surface area (Å²) in [5, 5.41) is 23.2. The van der Waals surface area contributed by atoms with Gasteiger partial charge in [-0.25, -0.2) is 19.9 Å². The Morgan fingerprint density at radius 2 is 0.947 bits per heavy atom. The molecular weight excluding hydrogens is 492 g/mol. The molecule has 0 amide bonds. The number of nitro groups is 2. The third-order valence-corrected chi connectivity index (χ3v) is 8.41. The van der Waals surface area contributed by atoms with E-state index in [2.05, 4.69) is 19.9 Å². The first-order valence-corrected chi connectivity index (χ1v) is 13.3. The second kappa shape index (κ2) is 11.1. The molecule has 3 aliphatic rings. The van der Waals surface area contributed by atoms with Gasteiger partial charge in [-0.2, -0.15) is 0 Å². The van der Waals surface area contributed by atoms with Gasteiger partial charge in [0.15, 0.2) is 0 Å². The monoisotopic (exact) mass is 530 g/mol. The molecule has 3 aliphatic heterocycles. The lowest BCUT2D eigenvalue weighted by Gasteiger charge is -2.54. The summed E-state index contributed by atoms with van der Waals surface area (Å²) < 4.78 is 2.07. The van der Waals surface area contributed by atoms with Crippen LogP contribution in [-0.2, 0) is 0 Å². The van der Waals surface area contributed by atoms with Crippen LogP contribution in [0.2, 0.25) is 0 Å². The van der Waals surface area contributed by atoms with Gasteiger partial charge in [0.05, 0.1) is 62.2 Å². The summed E-state index contributed by atoms with van der Waals surface area (Å²) >= 11 is 0. The van der Waals surface area contributed by atoms with E-state index in [1.54, 1.807) is 13.8 Å². The fourth-order valence-electron chi connectivity index (χ4n) is 5.97. The second-order valence-electron chi connectivity index (χ2n) is 10.2. The summed E-state index contributed by atoms with van der Waals surface area (Å²) in [6.45, 7) is 18.3. The van der Waals surface area contributed by atoms with Crippen molar-refractivity contribution in [1.82, 2.24) is 19.9 Å². The van der Waals surface area contributed by atoms with Crippen LogP contribution in [0.25, 0.3) is 0 Å². The number of piperazine rings is 3. The van der Waals surface area contributed by atoms with Crippen molar-refractivity contribution in [2.24, 2.45) is 0 Å². The average molecular weight is 531 g/mol. The standard InChI is InChI=1S/C22H32N10O4.C2H6/c1-17-19(29(33)34)21(25-15-23-17)27-3-7-31(8-4-27)11-13-32(14-12-31)9-5-28(6-10-32)22-20(30(35)36)18(2)24-16-26-22;1-2/h15-16H,3-14H2,1-2H3;1-2H3/q+2;. The van der Waals surface area contributed by atoms with E-state index in [1.165, 1.54) is 12.7 Å². The van der Waals surface area contributed by atoms with Gasteiger partial charge in [0, 0.05) is 0 Å². The van der Waals surface area contributed by atoms with Gasteiger partial charge in [0.25, 0.3) is 0 Å². The Balaban J connectivity index is 0.00000164. The number of quaternary nitrogens is 2. The third-order valence-electron chi connectivity index (χ3n) is 8.41. The zero-order valence-corrected chi connectivity index (χ0v) is 22.7. The van der Waals surface area contributed by atoms with E-state index in [4.69, 9.17) is 0 Å². The molecular formula is C24H38N10O4+2. The molecule has 2 aromatic rings. The first kappa shape index (κ1) is 27.5. The van der Waals surface area contributed by atoms with Gasteiger partial charge in [-0.3, -0.25) is 20.2 Å². The summed E-state index contributed by atoms with van der Waals surface area (Å²) in [6.07, 6.45) is 2.81. The Kier molecular flexibility index (Phi) is 8.02. The van der Waals surface area contributed by atoms with Crippen LogP contribution in [0.1, 0.15) is 25.2 Å². The highest BCUT2D eigenvalue weighted by Gasteiger charge is 2.46. The smallest absolute Gasteiger partial charge is 0.332 e. The van der Waals surface area contributed by atoms with Gasteiger partial charge < -0.3 is 18.8 Å². The lowest BCUT2D eigenvalue weighted by atomic mass is 10.1. The van der Waals surface area contributed by atoms with Crippen LogP contribution in [0.4, 0.5) is 23.0 Å². The van der Waals surface area contributed by atoms with Crippen LogP contribution < -0.4 is 9.80 Å². The van der Waals surface area contributed by atoms with Crippen molar-refractivity contribution in [2.75, 3.05) is 88.3 Å². The summed E-state index contributed by atoms with van der Waals surface area (Å²) in [5.74, 6) is 0.854. The number of hydrogen-bond donors (Lipinski definition) is 0. The van der Waals surface area contributed by atoms with Gasteiger partial charge in [-0.05, 0) is 13.8 Å². The first-order valence-electron chi connectivity index (χ1n) is 13.3. The van der Waals surface area contributed by atoms with Crippen molar-refractivity contribution in [3.05, 3.63) is 44.3 Å². The van der Waals surface area contributed by atoms with Crippen molar-refractivity contribution in [1.29, 1.82) is 0 Å². The zero-order valence-electron chi connectivity index (χ0n) is 22.7. The summed E-state index contributed by atoms with van der Waals surface area (Å²) in [5.41, 5.74) is 0.799. The van der Waals surface area contributed by atoms with Crippen LogP contribution in [-0.4, -0.2) is 117 Å². The van der Waals surface area contributed by atoms with E-state index in [0.717, 1.165) is 87.5 Å². The molecule has 0 radical (unpaired) electrons. The maximum atomic E-state index is 11.6. The lowest BCUT2D eigenvalue weighted by molar-refractivity contribution is -1.03. The van der Waals surface area contributed by atoms with Gasteiger partial charge in [0.1, 0.15) is 50.2 Å².